The van der Waals surface area contributed by atoms with Gasteiger partial charge in [0.15, 0.2) is 5.60 Å². The number of aromatic amines is 1. The maximum Gasteiger partial charge on any atom is 0.416 e. The molecule has 0 unspecified atom stereocenters. The molecule has 14 heteroatoms. The van der Waals surface area contributed by atoms with Crippen LogP contribution < -0.4 is 10.6 Å². The number of benzene rings is 1. The van der Waals surface area contributed by atoms with Crippen molar-refractivity contribution in [2.45, 2.75) is 77.9 Å². The van der Waals surface area contributed by atoms with Crippen molar-refractivity contribution in [3.8, 4) is 0 Å². The summed E-state index contributed by atoms with van der Waals surface area (Å²) in [6.45, 7) is 7.98. The Kier molecular flexibility index (Phi) is 12.7. The number of nitrogens with one attached hydrogen (secondary N) is 3. The Labute approximate surface area is 238 Å². The van der Waals surface area contributed by atoms with Gasteiger partial charge in [0.25, 0.3) is 5.91 Å². The topological polar surface area (TPSA) is 130 Å². The first-order valence-corrected chi connectivity index (χ1v) is 13.4. The number of fused-ring (bicyclic) bond motifs is 1. The van der Waals surface area contributed by atoms with Gasteiger partial charge in [0, 0.05) is 32.8 Å². The van der Waals surface area contributed by atoms with Crippen molar-refractivity contribution in [3.05, 3.63) is 41.7 Å². The molecule has 2 heterocycles. The van der Waals surface area contributed by atoms with E-state index in [4.69, 9.17) is 0 Å². The molecule has 3 aromatic rings. The highest BCUT2D eigenvalue weighted by molar-refractivity contribution is 5.90. The average Bonchev–Trinajstić information content (AvgIpc) is 3.62. The Balaban J connectivity index is 0.000000408. The summed E-state index contributed by atoms with van der Waals surface area (Å²) in [5, 5.41) is 9.93. The second kappa shape index (κ2) is 15.5. The highest BCUT2D eigenvalue weighted by Gasteiger charge is 2.47. The number of aromatic nitrogens is 5. The second-order valence-electron chi connectivity index (χ2n) is 10.3. The van der Waals surface area contributed by atoms with E-state index in [9.17, 15) is 22.8 Å². The number of H-pyrrole nitrogens is 1. The van der Waals surface area contributed by atoms with E-state index in [1.165, 1.54) is 25.6 Å². The number of methoxy groups -OCH3 is 1. The first-order chi connectivity index (χ1) is 19.3. The van der Waals surface area contributed by atoms with Gasteiger partial charge in [-0.3, -0.25) is 9.59 Å². The average molecular weight is 583 g/mol. The lowest BCUT2D eigenvalue weighted by Gasteiger charge is -2.25. The molecule has 41 heavy (non-hydrogen) atoms. The number of imidazole rings is 1. The molecule has 0 bridgehead atoms. The van der Waals surface area contributed by atoms with Gasteiger partial charge < -0.3 is 25.3 Å². The van der Waals surface area contributed by atoms with Crippen LogP contribution in [0.5, 0.6) is 0 Å². The molecule has 1 aliphatic rings. The highest BCUT2D eigenvalue weighted by Crippen LogP contribution is 2.31. The summed E-state index contributed by atoms with van der Waals surface area (Å²) in [6.07, 6.45) is 2.45. The van der Waals surface area contributed by atoms with Crippen LogP contribution in [-0.4, -0.2) is 81.0 Å². The largest absolute Gasteiger partial charge is 0.416 e. The smallest absolute Gasteiger partial charge is 0.369 e. The number of carbonyl (C=O) groups is 2. The fraction of sp³-hybridized carbons (Fsp3) is 0.593. The third kappa shape index (κ3) is 10.8. The third-order valence-corrected chi connectivity index (χ3v) is 6.01. The summed E-state index contributed by atoms with van der Waals surface area (Å²) in [7, 11) is 2.89. The van der Waals surface area contributed by atoms with Crippen LogP contribution >= 0.6 is 0 Å². The lowest BCUT2D eigenvalue weighted by atomic mass is 10.1. The summed E-state index contributed by atoms with van der Waals surface area (Å²) < 4.78 is 40.9. The van der Waals surface area contributed by atoms with Crippen molar-refractivity contribution in [1.82, 2.24) is 40.3 Å². The molecule has 0 atom stereocenters. The van der Waals surface area contributed by atoms with Gasteiger partial charge >= 0.3 is 6.18 Å². The van der Waals surface area contributed by atoms with E-state index in [0.29, 0.717) is 18.9 Å². The van der Waals surface area contributed by atoms with Crippen molar-refractivity contribution in [2.75, 3.05) is 27.2 Å². The Morgan fingerprint density at radius 2 is 1.93 bits per heavy atom. The van der Waals surface area contributed by atoms with Crippen LogP contribution in [0.15, 0.2) is 24.5 Å². The van der Waals surface area contributed by atoms with E-state index >= 15 is 0 Å². The van der Waals surface area contributed by atoms with E-state index < -0.39 is 11.8 Å². The quantitative estimate of drug-likeness (QED) is 0.292. The number of alkyl halides is 3. The molecule has 2 amide bonds. The summed E-state index contributed by atoms with van der Waals surface area (Å²) in [5.74, 6) is 0.612. The lowest BCUT2D eigenvalue weighted by molar-refractivity contribution is -0.255. The van der Waals surface area contributed by atoms with Crippen molar-refractivity contribution >= 4 is 23.4 Å². The Hall–Kier alpha value is -3.52. The SMILES string of the molecule is C1CC1.CNCCN(C=O)Cc1ccc2nc(CNC(=O)c3ncnn3C(C)C)[nH]c2c1.COC(C)(C)C(F)(F)F. The number of hydrogen-bond donors (Lipinski definition) is 3. The molecule has 4 rings (SSSR count). The Morgan fingerprint density at radius 3 is 2.44 bits per heavy atom. The number of ether oxygens (including phenoxy) is 1. The van der Waals surface area contributed by atoms with Gasteiger partial charge in [0.2, 0.25) is 12.2 Å². The standard InChI is InChI=1S/C19H26N8O2.C5H9F3O.C3H6/c1-13(2)27-18(22-11-23-27)19(29)21-9-17-24-15-5-4-14(8-16(15)25-17)10-26(12-28)7-6-20-3;1-4(2,9-3)5(6,7)8;1-2-3-1/h4-5,8,11-13,20H,6-7,9-10H2,1-3H3,(H,21,29)(H,24,25);1-3H3;1-3H2. The van der Waals surface area contributed by atoms with Gasteiger partial charge in [0.05, 0.1) is 17.6 Å². The van der Waals surface area contributed by atoms with Crippen molar-refractivity contribution in [3.63, 3.8) is 0 Å². The molecule has 1 aliphatic carbocycles. The summed E-state index contributed by atoms with van der Waals surface area (Å²) in [4.78, 5) is 37.1. The fourth-order valence-electron chi connectivity index (χ4n) is 3.10. The van der Waals surface area contributed by atoms with Crippen LogP contribution in [-0.2, 0) is 22.6 Å². The molecule has 1 fully saturated rings. The Morgan fingerprint density at radius 1 is 1.24 bits per heavy atom. The zero-order valence-electron chi connectivity index (χ0n) is 24.5. The maximum absolute atomic E-state index is 12.4. The van der Waals surface area contributed by atoms with Crippen molar-refractivity contribution < 1.29 is 27.5 Å². The molecule has 0 saturated heterocycles. The number of hydrogen-bond acceptors (Lipinski definition) is 7. The highest BCUT2D eigenvalue weighted by atomic mass is 19.4. The zero-order chi connectivity index (χ0) is 30.6. The summed E-state index contributed by atoms with van der Waals surface area (Å²) in [6, 6.07) is 5.87. The molecular weight excluding hydrogens is 541 g/mol. The van der Waals surface area contributed by atoms with Gasteiger partial charge in [-0.05, 0) is 52.4 Å². The van der Waals surface area contributed by atoms with Crippen molar-refractivity contribution in [1.29, 1.82) is 0 Å². The minimum atomic E-state index is -4.28. The van der Waals surface area contributed by atoms with Gasteiger partial charge in [-0.1, -0.05) is 25.3 Å². The molecule has 2 aromatic heterocycles. The third-order valence-electron chi connectivity index (χ3n) is 6.01. The minimum Gasteiger partial charge on any atom is -0.369 e. The minimum absolute atomic E-state index is 0.0434. The number of nitrogens with zero attached hydrogens (tertiary/aromatic N) is 5. The molecule has 0 radical (unpaired) electrons. The lowest BCUT2D eigenvalue weighted by Crippen LogP contribution is -2.40. The molecule has 3 N–H and O–H groups in total. The van der Waals surface area contributed by atoms with Crippen LogP contribution in [0.3, 0.4) is 0 Å². The number of rotatable bonds is 11. The van der Waals surface area contributed by atoms with E-state index in [1.54, 1.807) is 9.58 Å². The van der Waals surface area contributed by atoms with Crippen LogP contribution in [0.4, 0.5) is 13.2 Å². The number of likely N-dealkylation sites (N-methyl/N-ethyl adjacent to an activating group) is 1. The molecule has 1 saturated carbocycles. The fourth-order valence-corrected chi connectivity index (χ4v) is 3.10. The number of carbonyl (C=O) groups excluding carboxylic acids is 2. The molecule has 0 aliphatic heterocycles. The van der Waals surface area contributed by atoms with E-state index in [1.807, 2.05) is 39.1 Å². The number of amides is 2. The maximum atomic E-state index is 12.4. The molecule has 0 spiro atoms. The summed E-state index contributed by atoms with van der Waals surface area (Å²) >= 11 is 0. The van der Waals surface area contributed by atoms with Gasteiger partial charge in [-0.15, -0.1) is 0 Å². The van der Waals surface area contributed by atoms with E-state index in [2.05, 4.69) is 35.4 Å². The molecular formula is C27H41F3N8O3. The van der Waals surface area contributed by atoms with Gasteiger partial charge in [-0.25, -0.2) is 14.6 Å². The zero-order valence-corrected chi connectivity index (χ0v) is 24.5. The molecule has 11 nitrogen and oxygen atoms in total. The monoisotopic (exact) mass is 582 g/mol. The molecule has 1 aromatic carbocycles. The first kappa shape index (κ1) is 33.7. The van der Waals surface area contributed by atoms with E-state index in [-0.39, 0.29) is 24.3 Å². The predicted octanol–water partition coefficient (Wildman–Crippen LogP) is 3.99. The van der Waals surface area contributed by atoms with Crippen molar-refractivity contribution in [2.24, 2.45) is 0 Å². The van der Waals surface area contributed by atoms with E-state index in [0.717, 1.165) is 50.5 Å². The number of halogens is 3. The van der Waals surface area contributed by atoms with Crippen LogP contribution in [0, 0.1) is 0 Å². The van der Waals surface area contributed by atoms with Gasteiger partial charge in [0.1, 0.15) is 12.2 Å². The van der Waals surface area contributed by atoms with Crippen LogP contribution in [0.2, 0.25) is 0 Å². The molecule has 228 valence electrons. The second-order valence-corrected chi connectivity index (χ2v) is 10.3. The first-order valence-electron chi connectivity index (χ1n) is 13.4. The normalized spacial score (nSPS) is 12.7. The van der Waals surface area contributed by atoms with Crippen LogP contribution in [0.25, 0.3) is 11.0 Å². The Bertz CT molecular complexity index is 1240. The van der Waals surface area contributed by atoms with Crippen LogP contribution in [0.1, 0.15) is 75.0 Å². The predicted molar refractivity (Wildman–Crippen MR) is 149 cm³/mol. The van der Waals surface area contributed by atoms with Gasteiger partial charge in [-0.2, -0.15) is 18.3 Å². The summed E-state index contributed by atoms with van der Waals surface area (Å²) in [5.41, 5.74) is 0.644.